The monoisotopic (exact) mass is 386 g/mol. The summed E-state index contributed by atoms with van der Waals surface area (Å²) < 4.78 is 16.5. The van der Waals surface area contributed by atoms with Crippen molar-refractivity contribution in [1.29, 1.82) is 0 Å². The van der Waals surface area contributed by atoms with Gasteiger partial charge in [-0.2, -0.15) is 0 Å². The van der Waals surface area contributed by atoms with Crippen molar-refractivity contribution >= 4 is 11.6 Å². The summed E-state index contributed by atoms with van der Waals surface area (Å²) in [5.74, 6) is 1.89. The number of methoxy groups -OCH3 is 2. The second-order valence-electron chi connectivity index (χ2n) is 6.32. The minimum atomic E-state index is -0.104. The van der Waals surface area contributed by atoms with Crippen LogP contribution in [0.15, 0.2) is 42.5 Å². The smallest absolute Gasteiger partial charge is 0.228 e. The minimum Gasteiger partial charge on any atom is -0.497 e. The molecule has 0 heterocycles. The van der Waals surface area contributed by atoms with Gasteiger partial charge in [0.05, 0.1) is 20.6 Å². The standard InChI is InChI=1S/C22H30N2O4/c1-5-24(6-2)12-13-28-21-16-18(10-11-20(21)27-4)23-22(25)15-17-8-7-9-19(14-17)26-3/h7-11,14,16H,5-6,12-13,15H2,1-4H3,(H,23,25). The molecule has 0 radical (unpaired) electrons. The quantitative estimate of drug-likeness (QED) is 0.639. The fourth-order valence-corrected chi connectivity index (χ4v) is 2.86. The average molecular weight is 386 g/mol. The summed E-state index contributed by atoms with van der Waals surface area (Å²) in [6, 6.07) is 12.9. The van der Waals surface area contributed by atoms with Crippen LogP contribution in [0.2, 0.25) is 0 Å². The van der Waals surface area contributed by atoms with Gasteiger partial charge in [0.1, 0.15) is 12.4 Å². The second-order valence-corrected chi connectivity index (χ2v) is 6.32. The Hall–Kier alpha value is -2.73. The molecule has 2 rings (SSSR count). The number of nitrogens with zero attached hydrogens (tertiary/aromatic N) is 1. The molecule has 0 aliphatic rings. The second kappa shape index (κ2) is 11.2. The zero-order valence-electron chi connectivity index (χ0n) is 17.2. The molecule has 152 valence electrons. The summed E-state index contributed by atoms with van der Waals surface area (Å²) >= 11 is 0. The van der Waals surface area contributed by atoms with Gasteiger partial charge < -0.3 is 24.4 Å². The molecule has 0 unspecified atom stereocenters. The molecule has 0 saturated heterocycles. The highest BCUT2D eigenvalue weighted by Gasteiger charge is 2.10. The van der Waals surface area contributed by atoms with Gasteiger partial charge in [-0.15, -0.1) is 0 Å². The van der Waals surface area contributed by atoms with Gasteiger partial charge in [0, 0.05) is 18.3 Å². The first-order valence-electron chi connectivity index (χ1n) is 9.55. The van der Waals surface area contributed by atoms with Crippen LogP contribution in [0.5, 0.6) is 17.2 Å². The van der Waals surface area contributed by atoms with Crippen molar-refractivity contribution in [2.24, 2.45) is 0 Å². The van der Waals surface area contributed by atoms with Crippen LogP contribution < -0.4 is 19.5 Å². The van der Waals surface area contributed by atoms with Crippen molar-refractivity contribution in [1.82, 2.24) is 4.90 Å². The SMILES string of the molecule is CCN(CC)CCOc1cc(NC(=O)Cc2cccc(OC)c2)ccc1OC. The fraction of sp³-hybridized carbons (Fsp3) is 0.409. The summed E-state index contributed by atoms with van der Waals surface area (Å²) in [5, 5.41) is 2.92. The van der Waals surface area contributed by atoms with E-state index >= 15 is 0 Å². The molecular weight excluding hydrogens is 356 g/mol. The Morgan fingerprint density at radius 1 is 1.00 bits per heavy atom. The number of carbonyl (C=O) groups excluding carboxylic acids is 1. The molecule has 0 saturated carbocycles. The molecule has 1 amide bonds. The number of nitrogens with one attached hydrogen (secondary N) is 1. The Kier molecular flexibility index (Phi) is 8.62. The highest BCUT2D eigenvalue weighted by molar-refractivity contribution is 5.92. The molecule has 0 aromatic heterocycles. The summed E-state index contributed by atoms with van der Waals surface area (Å²) in [7, 11) is 3.21. The summed E-state index contributed by atoms with van der Waals surface area (Å²) in [6.45, 7) is 7.61. The summed E-state index contributed by atoms with van der Waals surface area (Å²) in [6.07, 6.45) is 0.265. The average Bonchev–Trinajstić information content (AvgIpc) is 2.71. The zero-order valence-corrected chi connectivity index (χ0v) is 17.2. The van der Waals surface area contributed by atoms with E-state index in [0.29, 0.717) is 23.8 Å². The van der Waals surface area contributed by atoms with E-state index in [0.717, 1.165) is 30.9 Å². The minimum absolute atomic E-state index is 0.104. The van der Waals surface area contributed by atoms with Gasteiger partial charge in [-0.1, -0.05) is 26.0 Å². The van der Waals surface area contributed by atoms with E-state index in [1.54, 1.807) is 32.4 Å². The number of ether oxygens (including phenoxy) is 3. The lowest BCUT2D eigenvalue weighted by molar-refractivity contribution is -0.115. The van der Waals surface area contributed by atoms with Crippen molar-refractivity contribution in [3.63, 3.8) is 0 Å². The van der Waals surface area contributed by atoms with E-state index in [9.17, 15) is 4.79 Å². The first-order chi connectivity index (χ1) is 13.6. The Bertz CT molecular complexity index is 760. The number of carbonyl (C=O) groups is 1. The molecule has 1 N–H and O–H groups in total. The van der Waals surface area contributed by atoms with Crippen LogP contribution in [0.25, 0.3) is 0 Å². The number of amides is 1. The van der Waals surface area contributed by atoms with Gasteiger partial charge in [-0.3, -0.25) is 4.79 Å². The van der Waals surface area contributed by atoms with E-state index < -0.39 is 0 Å². The maximum Gasteiger partial charge on any atom is 0.228 e. The van der Waals surface area contributed by atoms with Crippen molar-refractivity contribution in [3.05, 3.63) is 48.0 Å². The Morgan fingerprint density at radius 3 is 2.46 bits per heavy atom. The molecule has 0 aliphatic heterocycles. The van der Waals surface area contributed by atoms with Crippen LogP contribution >= 0.6 is 0 Å². The van der Waals surface area contributed by atoms with E-state index in [1.807, 2.05) is 24.3 Å². The van der Waals surface area contributed by atoms with E-state index in [2.05, 4.69) is 24.1 Å². The number of rotatable bonds is 11. The van der Waals surface area contributed by atoms with Crippen molar-refractivity contribution in [3.8, 4) is 17.2 Å². The van der Waals surface area contributed by atoms with E-state index in [1.165, 1.54) is 0 Å². The van der Waals surface area contributed by atoms with Crippen LogP contribution in [-0.4, -0.2) is 51.3 Å². The predicted octanol–water partition coefficient (Wildman–Crippen LogP) is 3.61. The van der Waals surface area contributed by atoms with Crippen molar-refractivity contribution in [2.45, 2.75) is 20.3 Å². The first-order valence-corrected chi connectivity index (χ1v) is 9.55. The predicted molar refractivity (Wildman–Crippen MR) is 112 cm³/mol. The maximum atomic E-state index is 12.4. The van der Waals surface area contributed by atoms with Crippen LogP contribution in [0.1, 0.15) is 19.4 Å². The van der Waals surface area contributed by atoms with Crippen LogP contribution in [0, 0.1) is 0 Å². The molecule has 2 aromatic rings. The van der Waals surface area contributed by atoms with Crippen molar-refractivity contribution < 1.29 is 19.0 Å². The Balaban J connectivity index is 1.99. The van der Waals surface area contributed by atoms with Gasteiger partial charge in [-0.25, -0.2) is 0 Å². The maximum absolute atomic E-state index is 12.4. The molecule has 28 heavy (non-hydrogen) atoms. The third kappa shape index (κ3) is 6.46. The van der Waals surface area contributed by atoms with Gasteiger partial charge >= 0.3 is 0 Å². The molecule has 6 nitrogen and oxygen atoms in total. The number of anilines is 1. The number of hydrogen-bond acceptors (Lipinski definition) is 5. The fourth-order valence-electron chi connectivity index (χ4n) is 2.86. The molecular formula is C22H30N2O4. The summed E-state index contributed by atoms with van der Waals surface area (Å²) in [5.41, 5.74) is 1.56. The largest absolute Gasteiger partial charge is 0.497 e. The number of benzene rings is 2. The van der Waals surface area contributed by atoms with Crippen molar-refractivity contribution in [2.75, 3.05) is 45.8 Å². The first kappa shape index (κ1) is 21.6. The molecule has 0 bridgehead atoms. The topological polar surface area (TPSA) is 60.0 Å². The third-order valence-corrected chi connectivity index (χ3v) is 4.51. The highest BCUT2D eigenvalue weighted by atomic mass is 16.5. The van der Waals surface area contributed by atoms with Gasteiger partial charge in [0.2, 0.25) is 5.91 Å². The van der Waals surface area contributed by atoms with Crippen LogP contribution in [0.3, 0.4) is 0 Å². The normalized spacial score (nSPS) is 10.6. The number of likely N-dealkylation sites (N-methyl/N-ethyl adjacent to an activating group) is 1. The summed E-state index contributed by atoms with van der Waals surface area (Å²) in [4.78, 5) is 14.7. The van der Waals surface area contributed by atoms with Gasteiger partial charge in [-0.05, 0) is 42.9 Å². The number of hydrogen-bond donors (Lipinski definition) is 1. The van der Waals surface area contributed by atoms with Gasteiger partial charge in [0.25, 0.3) is 0 Å². The molecule has 0 aliphatic carbocycles. The molecule has 6 heteroatoms. The molecule has 0 atom stereocenters. The van der Waals surface area contributed by atoms with E-state index in [-0.39, 0.29) is 12.3 Å². The lowest BCUT2D eigenvalue weighted by atomic mass is 10.1. The Labute approximate surface area is 167 Å². The van der Waals surface area contributed by atoms with Gasteiger partial charge in [0.15, 0.2) is 11.5 Å². The third-order valence-electron chi connectivity index (χ3n) is 4.51. The lowest BCUT2D eigenvalue weighted by Gasteiger charge is -2.19. The Morgan fingerprint density at radius 2 is 1.79 bits per heavy atom. The lowest BCUT2D eigenvalue weighted by Crippen LogP contribution is -2.28. The highest BCUT2D eigenvalue weighted by Crippen LogP contribution is 2.30. The molecule has 2 aromatic carbocycles. The van der Waals surface area contributed by atoms with E-state index in [4.69, 9.17) is 14.2 Å². The molecule has 0 spiro atoms. The van der Waals surface area contributed by atoms with Crippen LogP contribution in [-0.2, 0) is 11.2 Å². The van der Waals surface area contributed by atoms with Crippen LogP contribution in [0.4, 0.5) is 5.69 Å². The molecule has 0 fully saturated rings. The zero-order chi connectivity index (χ0) is 20.4.